The molecule has 0 aromatic heterocycles. The number of carboxylic acid groups (broad SMARTS) is 1. The molecular weight excluding hydrogens is 296 g/mol. The van der Waals surface area contributed by atoms with Gasteiger partial charge in [0.15, 0.2) is 0 Å². The Bertz CT molecular complexity index is 546. The van der Waals surface area contributed by atoms with Gasteiger partial charge in [0.05, 0.1) is 17.1 Å². The Kier molecular flexibility index (Phi) is 5.98. The van der Waals surface area contributed by atoms with Crippen LogP contribution in [0, 0.1) is 17.0 Å². The van der Waals surface area contributed by atoms with Crippen LogP contribution in [0.5, 0.6) is 0 Å². The summed E-state index contributed by atoms with van der Waals surface area (Å²) in [5.41, 5.74) is 0.372. The number of thioether (sulfide) groups is 1. The van der Waals surface area contributed by atoms with Crippen molar-refractivity contribution in [3.63, 3.8) is 0 Å². The van der Waals surface area contributed by atoms with Crippen molar-refractivity contribution in [2.24, 2.45) is 0 Å². The highest BCUT2D eigenvalue weighted by Crippen LogP contribution is 2.29. The fraction of sp³-hybridized carbons (Fsp3) is 0.462. The van der Waals surface area contributed by atoms with Crippen LogP contribution in [0.2, 0.25) is 0 Å². The number of carboxylic acids is 1. The van der Waals surface area contributed by atoms with E-state index in [-0.39, 0.29) is 29.1 Å². The fourth-order valence-corrected chi connectivity index (χ4v) is 2.56. The molecule has 0 saturated heterocycles. The van der Waals surface area contributed by atoms with E-state index in [1.165, 1.54) is 17.8 Å². The highest BCUT2D eigenvalue weighted by atomic mass is 32.2. The monoisotopic (exact) mass is 314 g/mol. The molecule has 0 amide bonds. The van der Waals surface area contributed by atoms with Gasteiger partial charge in [0.1, 0.15) is 0 Å². The maximum Gasteiger partial charge on any atom is 0.336 e. The zero-order chi connectivity index (χ0) is 16.2. The molecule has 8 heteroatoms. The van der Waals surface area contributed by atoms with E-state index in [4.69, 9.17) is 5.11 Å². The number of nitrogens with zero attached hydrogens (tertiary/aromatic N) is 1. The Morgan fingerprint density at radius 1 is 1.52 bits per heavy atom. The van der Waals surface area contributed by atoms with Gasteiger partial charge in [-0.05, 0) is 26.2 Å². The molecule has 1 aromatic carbocycles. The predicted molar refractivity (Wildman–Crippen MR) is 82.3 cm³/mol. The number of hydrogen-bond acceptors (Lipinski definition) is 6. The molecule has 0 saturated carbocycles. The first kappa shape index (κ1) is 17.3. The molecule has 7 nitrogen and oxygen atoms in total. The van der Waals surface area contributed by atoms with E-state index in [1.54, 1.807) is 6.92 Å². The van der Waals surface area contributed by atoms with Gasteiger partial charge in [-0.15, -0.1) is 0 Å². The molecule has 116 valence electrons. The lowest BCUT2D eigenvalue weighted by Gasteiger charge is -2.23. The number of aliphatic hydroxyl groups excluding tert-OH is 1. The van der Waals surface area contributed by atoms with E-state index in [2.05, 4.69) is 5.32 Å². The lowest BCUT2D eigenvalue weighted by molar-refractivity contribution is -0.385. The maximum atomic E-state index is 11.1. The Balaban J connectivity index is 3.22. The van der Waals surface area contributed by atoms with Gasteiger partial charge in [-0.25, -0.2) is 4.79 Å². The SMILES string of the molecule is CSC(CO)C(C)Nc1cc(C(=O)O)cc([N+](=O)[O-])c1C. The van der Waals surface area contributed by atoms with E-state index >= 15 is 0 Å². The minimum Gasteiger partial charge on any atom is -0.478 e. The molecule has 2 atom stereocenters. The molecule has 1 rings (SSSR count). The molecule has 0 radical (unpaired) electrons. The van der Waals surface area contributed by atoms with Crippen LogP contribution in [0.3, 0.4) is 0 Å². The largest absolute Gasteiger partial charge is 0.478 e. The third kappa shape index (κ3) is 4.08. The van der Waals surface area contributed by atoms with E-state index in [0.717, 1.165) is 6.07 Å². The van der Waals surface area contributed by atoms with Gasteiger partial charge >= 0.3 is 5.97 Å². The van der Waals surface area contributed by atoms with Crippen LogP contribution in [0.1, 0.15) is 22.8 Å². The van der Waals surface area contributed by atoms with Crippen LogP contribution >= 0.6 is 11.8 Å². The van der Waals surface area contributed by atoms with Gasteiger partial charge in [0.25, 0.3) is 5.69 Å². The van der Waals surface area contributed by atoms with Gasteiger partial charge in [-0.2, -0.15) is 11.8 Å². The second-order valence-corrected chi connectivity index (χ2v) is 5.70. The Morgan fingerprint density at radius 3 is 2.57 bits per heavy atom. The van der Waals surface area contributed by atoms with Crippen molar-refractivity contribution in [2.45, 2.75) is 25.1 Å². The van der Waals surface area contributed by atoms with Gasteiger partial charge in [0.2, 0.25) is 0 Å². The van der Waals surface area contributed by atoms with Gasteiger partial charge in [-0.3, -0.25) is 10.1 Å². The summed E-state index contributed by atoms with van der Waals surface area (Å²) in [6, 6.07) is 2.24. The van der Waals surface area contributed by atoms with Crippen molar-refractivity contribution in [3.8, 4) is 0 Å². The molecular formula is C13H18N2O5S. The number of hydrogen-bond donors (Lipinski definition) is 3. The zero-order valence-electron chi connectivity index (χ0n) is 12.0. The lowest BCUT2D eigenvalue weighted by Crippen LogP contribution is -2.31. The smallest absolute Gasteiger partial charge is 0.336 e. The molecule has 3 N–H and O–H groups in total. The summed E-state index contributed by atoms with van der Waals surface area (Å²) in [6.45, 7) is 3.34. The highest BCUT2D eigenvalue weighted by molar-refractivity contribution is 7.99. The average Bonchev–Trinajstić information content (AvgIpc) is 2.41. The van der Waals surface area contributed by atoms with Gasteiger partial charge < -0.3 is 15.5 Å². The molecule has 0 aliphatic heterocycles. The quantitative estimate of drug-likeness (QED) is 0.522. The van der Waals surface area contributed by atoms with E-state index in [1.807, 2.05) is 13.2 Å². The third-order valence-electron chi connectivity index (χ3n) is 3.25. The first-order chi connectivity index (χ1) is 9.81. The molecule has 0 bridgehead atoms. The van der Waals surface area contributed by atoms with Crippen molar-refractivity contribution in [1.29, 1.82) is 0 Å². The molecule has 2 unspecified atom stereocenters. The average molecular weight is 314 g/mol. The van der Waals surface area contributed by atoms with Gasteiger partial charge in [-0.1, -0.05) is 0 Å². The first-order valence-electron chi connectivity index (χ1n) is 6.24. The van der Waals surface area contributed by atoms with Crippen LogP contribution in [0.25, 0.3) is 0 Å². The summed E-state index contributed by atoms with van der Waals surface area (Å²) in [5, 5.41) is 32.3. The Morgan fingerprint density at radius 2 is 2.14 bits per heavy atom. The number of benzene rings is 1. The van der Waals surface area contributed by atoms with Crippen molar-refractivity contribution >= 4 is 29.1 Å². The number of aromatic carboxylic acids is 1. The number of nitro groups is 1. The van der Waals surface area contributed by atoms with E-state index < -0.39 is 10.9 Å². The molecule has 21 heavy (non-hydrogen) atoms. The maximum absolute atomic E-state index is 11.1. The summed E-state index contributed by atoms with van der Waals surface area (Å²) >= 11 is 1.46. The molecule has 0 heterocycles. The van der Waals surface area contributed by atoms with Crippen molar-refractivity contribution < 1.29 is 19.9 Å². The predicted octanol–water partition coefficient (Wildman–Crippen LogP) is 2.13. The van der Waals surface area contributed by atoms with Crippen molar-refractivity contribution in [3.05, 3.63) is 33.4 Å². The molecule has 0 spiro atoms. The summed E-state index contributed by atoms with van der Waals surface area (Å²) in [6.07, 6.45) is 1.85. The minimum atomic E-state index is -1.22. The van der Waals surface area contributed by atoms with Gasteiger partial charge in [0, 0.05) is 28.6 Å². The fourth-order valence-electron chi connectivity index (χ4n) is 1.94. The summed E-state index contributed by atoms with van der Waals surface area (Å²) in [7, 11) is 0. The normalized spacial score (nSPS) is 13.5. The second kappa shape index (κ2) is 7.28. The molecule has 1 aromatic rings. The summed E-state index contributed by atoms with van der Waals surface area (Å²) in [4.78, 5) is 21.5. The van der Waals surface area contributed by atoms with Crippen LogP contribution in [-0.4, -0.2) is 45.3 Å². The first-order valence-corrected chi connectivity index (χ1v) is 7.53. The number of nitro benzene ring substituents is 1. The number of carbonyl (C=O) groups is 1. The van der Waals surface area contributed by atoms with Crippen LogP contribution in [-0.2, 0) is 0 Å². The molecule has 0 aliphatic rings. The third-order valence-corrected chi connectivity index (χ3v) is 4.41. The minimum absolute atomic E-state index is 0.0465. The Hall–Kier alpha value is -1.80. The number of anilines is 1. The molecule has 0 aliphatic carbocycles. The topological polar surface area (TPSA) is 113 Å². The van der Waals surface area contributed by atoms with Crippen molar-refractivity contribution in [2.75, 3.05) is 18.2 Å². The highest BCUT2D eigenvalue weighted by Gasteiger charge is 2.22. The summed E-state index contributed by atoms with van der Waals surface area (Å²) < 4.78 is 0. The zero-order valence-corrected chi connectivity index (χ0v) is 12.8. The van der Waals surface area contributed by atoms with Crippen LogP contribution in [0.4, 0.5) is 11.4 Å². The molecule has 0 fully saturated rings. The number of nitrogens with one attached hydrogen (secondary N) is 1. The number of aliphatic hydroxyl groups is 1. The summed E-state index contributed by atoms with van der Waals surface area (Å²) in [5.74, 6) is -1.22. The Labute approximate surface area is 126 Å². The van der Waals surface area contributed by atoms with Crippen LogP contribution < -0.4 is 5.32 Å². The van der Waals surface area contributed by atoms with E-state index in [9.17, 15) is 20.0 Å². The van der Waals surface area contributed by atoms with E-state index in [0.29, 0.717) is 11.3 Å². The lowest BCUT2D eigenvalue weighted by atomic mass is 10.1. The second-order valence-electron chi connectivity index (χ2n) is 4.62. The van der Waals surface area contributed by atoms with Crippen molar-refractivity contribution in [1.82, 2.24) is 0 Å². The number of rotatable bonds is 7. The standard InChI is InChI=1S/C13H18N2O5S/c1-7-10(14-8(2)12(6-16)21-3)4-9(13(17)18)5-11(7)15(19)20/h4-5,8,12,14,16H,6H2,1-3H3,(H,17,18). The van der Waals surface area contributed by atoms with Crippen LogP contribution in [0.15, 0.2) is 12.1 Å².